The third-order valence-electron chi connectivity index (χ3n) is 3.64. The first kappa shape index (κ1) is 13.4. The molecule has 1 N–H and O–H groups in total. The molecule has 1 aliphatic heterocycles. The number of rotatable bonds is 4. The fourth-order valence-electron chi connectivity index (χ4n) is 2.53. The lowest BCUT2D eigenvalue weighted by Crippen LogP contribution is -2.25. The molecular weight excluding hydrogens is 218 g/mol. The fourth-order valence-corrected chi connectivity index (χ4v) is 2.53. The highest BCUT2D eigenvalue weighted by Crippen LogP contribution is 2.12. The van der Waals surface area contributed by atoms with Gasteiger partial charge in [0.25, 0.3) is 0 Å². The lowest BCUT2D eigenvalue weighted by molar-refractivity contribution is 0.599. The molecule has 1 aromatic carbocycles. The van der Waals surface area contributed by atoms with Gasteiger partial charge < -0.3 is 5.32 Å². The van der Waals surface area contributed by atoms with Crippen LogP contribution in [0.2, 0.25) is 0 Å². The van der Waals surface area contributed by atoms with E-state index in [1.54, 1.807) is 0 Å². The van der Waals surface area contributed by atoms with Crippen LogP contribution in [-0.2, 0) is 6.42 Å². The van der Waals surface area contributed by atoms with E-state index in [1.807, 2.05) is 0 Å². The molecule has 0 radical (unpaired) electrons. The summed E-state index contributed by atoms with van der Waals surface area (Å²) in [6.07, 6.45) is 12.4. The Morgan fingerprint density at radius 2 is 2.00 bits per heavy atom. The number of hydrogen-bond donors (Lipinski definition) is 1. The summed E-state index contributed by atoms with van der Waals surface area (Å²) in [6.45, 7) is 3.40. The maximum atomic E-state index is 3.60. The Hall–Kier alpha value is -1.08. The van der Waals surface area contributed by atoms with Crippen LogP contribution in [0.15, 0.2) is 30.3 Å². The predicted molar refractivity (Wildman–Crippen MR) is 79.7 cm³/mol. The van der Waals surface area contributed by atoms with Crippen molar-refractivity contribution in [3.05, 3.63) is 41.5 Å². The summed E-state index contributed by atoms with van der Waals surface area (Å²) in [5.41, 5.74) is 2.77. The molecule has 18 heavy (non-hydrogen) atoms. The molecular formula is C17H25N. The molecule has 1 atom stereocenters. The van der Waals surface area contributed by atoms with Gasteiger partial charge in [-0.25, -0.2) is 0 Å². The van der Waals surface area contributed by atoms with E-state index in [-0.39, 0.29) is 0 Å². The first-order chi connectivity index (χ1) is 8.88. The largest absolute Gasteiger partial charge is 0.311 e. The van der Waals surface area contributed by atoms with Gasteiger partial charge in [0.15, 0.2) is 0 Å². The maximum absolute atomic E-state index is 3.60. The van der Waals surface area contributed by atoms with Gasteiger partial charge in [-0.1, -0.05) is 62.6 Å². The first-order valence-electron chi connectivity index (χ1n) is 7.39. The molecule has 1 unspecified atom stereocenters. The normalized spacial score (nSPS) is 21.1. The van der Waals surface area contributed by atoms with E-state index in [9.17, 15) is 0 Å². The molecule has 0 amide bonds. The minimum atomic E-state index is 0.572. The average molecular weight is 243 g/mol. The monoisotopic (exact) mass is 243 g/mol. The van der Waals surface area contributed by atoms with Crippen molar-refractivity contribution in [2.75, 3.05) is 6.54 Å². The van der Waals surface area contributed by atoms with Gasteiger partial charge >= 0.3 is 0 Å². The number of benzene rings is 1. The molecule has 1 fully saturated rings. The Kier molecular flexibility index (Phi) is 5.47. The van der Waals surface area contributed by atoms with Crippen molar-refractivity contribution in [1.29, 1.82) is 0 Å². The van der Waals surface area contributed by atoms with Crippen molar-refractivity contribution in [2.45, 2.75) is 51.5 Å². The smallest absolute Gasteiger partial charge is 0.0253 e. The molecule has 1 aliphatic rings. The minimum Gasteiger partial charge on any atom is -0.311 e. The SMILES string of the molecule is CCCc1ccc(/C=C/C2CCCCCN2)cc1. The van der Waals surface area contributed by atoms with E-state index >= 15 is 0 Å². The molecule has 1 heteroatoms. The maximum Gasteiger partial charge on any atom is 0.0253 e. The van der Waals surface area contributed by atoms with Crippen LogP contribution < -0.4 is 5.32 Å². The van der Waals surface area contributed by atoms with Gasteiger partial charge in [0.1, 0.15) is 0 Å². The van der Waals surface area contributed by atoms with Crippen LogP contribution in [0.3, 0.4) is 0 Å². The molecule has 0 spiro atoms. The Labute approximate surface area is 111 Å². The first-order valence-corrected chi connectivity index (χ1v) is 7.39. The van der Waals surface area contributed by atoms with Crippen LogP contribution in [0, 0.1) is 0 Å². The summed E-state index contributed by atoms with van der Waals surface area (Å²) in [5, 5.41) is 3.60. The van der Waals surface area contributed by atoms with E-state index in [0.29, 0.717) is 6.04 Å². The standard InChI is InChI=1S/C17H25N/c1-2-6-15-8-10-16(11-9-15)12-13-17-7-4-3-5-14-18-17/h8-13,17-18H,2-7,14H2,1H3/b13-12+. The van der Waals surface area contributed by atoms with E-state index < -0.39 is 0 Å². The van der Waals surface area contributed by atoms with E-state index in [2.05, 4.69) is 48.7 Å². The predicted octanol–water partition coefficient (Wildman–Crippen LogP) is 4.18. The highest BCUT2D eigenvalue weighted by molar-refractivity contribution is 5.50. The molecule has 0 aliphatic carbocycles. The lowest BCUT2D eigenvalue weighted by Gasteiger charge is -2.10. The summed E-state index contributed by atoms with van der Waals surface area (Å²) in [7, 11) is 0. The molecule has 1 nitrogen and oxygen atoms in total. The van der Waals surface area contributed by atoms with Crippen LogP contribution >= 0.6 is 0 Å². The zero-order valence-corrected chi connectivity index (χ0v) is 11.5. The zero-order chi connectivity index (χ0) is 12.6. The molecule has 2 rings (SSSR count). The van der Waals surface area contributed by atoms with Crippen molar-refractivity contribution in [3.8, 4) is 0 Å². The molecule has 98 valence electrons. The van der Waals surface area contributed by atoms with Crippen molar-refractivity contribution in [2.24, 2.45) is 0 Å². The van der Waals surface area contributed by atoms with Gasteiger partial charge in [-0.3, -0.25) is 0 Å². The summed E-state index contributed by atoms with van der Waals surface area (Å²) in [4.78, 5) is 0. The van der Waals surface area contributed by atoms with Gasteiger partial charge in [0.05, 0.1) is 0 Å². The molecule has 0 bridgehead atoms. The Morgan fingerprint density at radius 1 is 1.17 bits per heavy atom. The van der Waals surface area contributed by atoms with Crippen LogP contribution in [0.5, 0.6) is 0 Å². The third-order valence-corrected chi connectivity index (χ3v) is 3.64. The topological polar surface area (TPSA) is 12.0 Å². The van der Waals surface area contributed by atoms with Gasteiger partial charge in [0, 0.05) is 6.04 Å². The number of nitrogens with one attached hydrogen (secondary N) is 1. The van der Waals surface area contributed by atoms with Gasteiger partial charge in [-0.2, -0.15) is 0 Å². The molecule has 1 aromatic rings. The highest BCUT2D eigenvalue weighted by atomic mass is 14.9. The highest BCUT2D eigenvalue weighted by Gasteiger charge is 2.07. The van der Waals surface area contributed by atoms with Crippen molar-refractivity contribution >= 4 is 6.08 Å². The Morgan fingerprint density at radius 3 is 2.78 bits per heavy atom. The van der Waals surface area contributed by atoms with Crippen LogP contribution in [-0.4, -0.2) is 12.6 Å². The van der Waals surface area contributed by atoms with Crippen molar-refractivity contribution < 1.29 is 0 Å². The number of hydrogen-bond acceptors (Lipinski definition) is 1. The molecule has 1 saturated heterocycles. The second-order valence-electron chi connectivity index (χ2n) is 5.26. The summed E-state index contributed by atoms with van der Waals surface area (Å²) in [6, 6.07) is 9.55. The van der Waals surface area contributed by atoms with Crippen LogP contribution in [0.4, 0.5) is 0 Å². The molecule has 1 heterocycles. The quantitative estimate of drug-likeness (QED) is 0.836. The van der Waals surface area contributed by atoms with Gasteiger partial charge in [-0.05, 0) is 36.9 Å². The van der Waals surface area contributed by atoms with Crippen molar-refractivity contribution in [1.82, 2.24) is 5.32 Å². The lowest BCUT2D eigenvalue weighted by atomic mass is 10.1. The Balaban J connectivity index is 1.90. The summed E-state index contributed by atoms with van der Waals surface area (Å²) in [5.74, 6) is 0. The second-order valence-corrected chi connectivity index (χ2v) is 5.26. The molecule has 0 aromatic heterocycles. The van der Waals surface area contributed by atoms with E-state index in [0.717, 1.165) is 0 Å². The van der Waals surface area contributed by atoms with Crippen molar-refractivity contribution in [3.63, 3.8) is 0 Å². The summed E-state index contributed by atoms with van der Waals surface area (Å²) >= 11 is 0. The third kappa shape index (κ3) is 4.30. The molecule has 0 saturated carbocycles. The van der Waals surface area contributed by atoms with E-state index in [1.165, 1.54) is 56.2 Å². The van der Waals surface area contributed by atoms with Crippen LogP contribution in [0.25, 0.3) is 6.08 Å². The minimum absolute atomic E-state index is 0.572. The second kappa shape index (κ2) is 7.38. The van der Waals surface area contributed by atoms with E-state index in [4.69, 9.17) is 0 Å². The Bertz CT molecular complexity index is 356. The fraction of sp³-hybridized carbons (Fsp3) is 0.529. The number of aryl methyl sites for hydroxylation is 1. The zero-order valence-electron chi connectivity index (χ0n) is 11.5. The van der Waals surface area contributed by atoms with Gasteiger partial charge in [-0.15, -0.1) is 0 Å². The van der Waals surface area contributed by atoms with Gasteiger partial charge in [0.2, 0.25) is 0 Å². The van der Waals surface area contributed by atoms with Crippen LogP contribution in [0.1, 0.15) is 50.2 Å². The summed E-state index contributed by atoms with van der Waals surface area (Å²) < 4.78 is 0. The average Bonchev–Trinajstić information content (AvgIpc) is 2.67.